The summed E-state index contributed by atoms with van der Waals surface area (Å²) in [7, 11) is 1.59. The second kappa shape index (κ2) is 5.77. The van der Waals surface area contributed by atoms with E-state index in [-0.39, 0.29) is 18.8 Å². The first-order chi connectivity index (χ1) is 13.1. The summed E-state index contributed by atoms with van der Waals surface area (Å²) in [6.45, 7) is 0.118. The Balaban J connectivity index is 1.69. The van der Waals surface area contributed by atoms with E-state index in [0.29, 0.717) is 34.1 Å². The van der Waals surface area contributed by atoms with Gasteiger partial charge in [0.1, 0.15) is 11.5 Å². The Morgan fingerprint density at radius 2 is 1.81 bits per heavy atom. The molecule has 2 aromatic carbocycles. The van der Waals surface area contributed by atoms with Crippen molar-refractivity contribution in [2.24, 2.45) is 0 Å². The molecule has 0 saturated carbocycles. The van der Waals surface area contributed by atoms with Crippen LogP contribution in [0, 0.1) is 0 Å². The molecule has 5 rings (SSSR count). The van der Waals surface area contributed by atoms with Crippen molar-refractivity contribution < 1.29 is 23.7 Å². The average Bonchev–Trinajstić information content (AvgIpc) is 3.12. The number of fused-ring (bicyclic) bond motifs is 3. The molecule has 0 aliphatic carbocycles. The van der Waals surface area contributed by atoms with E-state index < -0.39 is 11.9 Å². The van der Waals surface area contributed by atoms with Gasteiger partial charge in [-0.2, -0.15) is 0 Å². The molecule has 0 saturated heterocycles. The van der Waals surface area contributed by atoms with Gasteiger partial charge in [-0.15, -0.1) is 0 Å². The van der Waals surface area contributed by atoms with Crippen molar-refractivity contribution in [3.63, 3.8) is 0 Å². The first kappa shape index (κ1) is 15.7. The number of nitrogens with one attached hydrogen (secondary N) is 1. The Labute approximate surface area is 153 Å². The van der Waals surface area contributed by atoms with Gasteiger partial charge in [0.2, 0.25) is 6.79 Å². The lowest BCUT2D eigenvalue weighted by molar-refractivity contribution is -0.135. The lowest BCUT2D eigenvalue weighted by atomic mass is 9.86. The molecule has 3 aromatic rings. The number of aromatic nitrogens is 1. The van der Waals surface area contributed by atoms with Crippen molar-refractivity contribution in [2.45, 2.75) is 12.3 Å². The maximum atomic E-state index is 12.7. The van der Waals surface area contributed by atoms with Crippen molar-refractivity contribution in [3.8, 4) is 23.0 Å². The molecule has 0 bridgehead atoms. The molecule has 3 heterocycles. The average molecular weight is 365 g/mol. The van der Waals surface area contributed by atoms with Gasteiger partial charge in [0.05, 0.1) is 13.5 Å². The van der Waals surface area contributed by atoms with Crippen molar-refractivity contribution in [3.05, 3.63) is 57.9 Å². The van der Waals surface area contributed by atoms with E-state index in [4.69, 9.17) is 18.9 Å². The van der Waals surface area contributed by atoms with Gasteiger partial charge in [0.15, 0.2) is 11.5 Å². The molecule has 1 atom stereocenters. The van der Waals surface area contributed by atoms with Crippen LogP contribution in [0.3, 0.4) is 0 Å². The summed E-state index contributed by atoms with van der Waals surface area (Å²) in [6.07, 6.45) is 0.0746. The van der Waals surface area contributed by atoms with Crippen LogP contribution >= 0.6 is 0 Å². The first-order valence-corrected chi connectivity index (χ1v) is 8.47. The van der Waals surface area contributed by atoms with Crippen LogP contribution in [0.4, 0.5) is 0 Å². The fraction of sp³-hybridized carbons (Fsp3) is 0.200. The van der Waals surface area contributed by atoms with Crippen LogP contribution in [0.1, 0.15) is 23.5 Å². The maximum absolute atomic E-state index is 12.7. The number of pyridine rings is 1. The van der Waals surface area contributed by atoms with Crippen LogP contribution in [0.2, 0.25) is 0 Å². The predicted molar refractivity (Wildman–Crippen MR) is 95.8 cm³/mol. The van der Waals surface area contributed by atoms with Crippen LogP contribution in [0.5, 0.6) is 23.0 Å². The van der Waals surface area contributed by atoms with Crippen molar-refractivity contribution in [1.29, 1.82) is 0 Å². The highest BCUT2D eigenvalue weighted by Crippen LogP contribution is 2.45. The molecule has 2 aliphatic heterocycles. The molecule has 7 heteroatoms. The minimum absolute atomic E-state index is 0.0746. The number of H-pyrrole nitrogens is 1. The molecular formula is C20H15NO6. The number of hydrogen-bond donors (Lipinski definition) is 1. The number of carbonyl (C=O) groups excluding carboxylic acids is 1. The van der Waals surface area contributed by atoms with Gasteiger partial charge in [0.25, 0.3) is 5.56 Å². The summed E-state index contributed by atoms with van der Waals surface area (Å²) in [5.74, 6) is 1.36. The largest absolute Gasteiger partial charge is 0.497 e. The van der Waals surface area contributed by atoms with Crippen LogP contribution in [0.25, 0.3) is 10.9 Å². The Bertz CT molecular complexity index is 1150. The molecule has 0 fully saturated rings. The highest BCUT2D eigenvalue weighted by Gasteiger charge is 2.33. The second-order valence-corrected chi connectivity index (χ2v) is 6.48. The van der Waals surface area contributed by atoms with E-state index >= 15 is 0 Å². The molecule has 0 radical (unpaired) electrons. The van der Waals surface area contributed by atoms with E-state index in [1.165, 1.54) is 0 Å². The summed E-state index contributed by atoms with van der Waals surface area (Å²) in [5, 5.41) is 0.824. The number of benzene rings is 2. The molecule has 1 aromatic heterocycles. The molecule has 7 nitrogen and oxygen atoms in total. The third kappa shape index (κ3) is 2.51. The zero-order chi connectivity index (χ0) is 18.5. The zero-order valence-electron chi connectivity index (χ0n) is 14.4. The molecule has 0 amide bonds. The third-order valence-corrected chi connectivity index (χ3v) is 4.93. The summed E-state index contributed by atoms with van der Waals surface area (Å²) in [5.41, 5.74) is 1.68. The van der Waals surface area contributed by atoms with Crippen molar-refractivity contribution >= 4 is 16.9 Å². The van der Waals surface area contributed by atoms with Crippen molar-refractivity contribution in [1.82, 2.24) is 4.98 Å². The second-order valence-electron chi connectivity index (χ2n) is 6.48. The molecule has 0 spiro atoms. The molecule has 136 valence electrons. The first-order valence-electron chi connectivity index (χ1n) is 8.47. The maximum Gasteiger partial charge on any atom is 0.312 e. The van der Waals surface area contributed by atoms with Crippen LogP contribution < -0.4 is 24.5 Å². The van der Waals surface area contributed by atoms with E-state index in [0.717, 1.165) is 10.9 Å². The summed E-state index contributed by atoms with van der Waals surface area (Å²) < 4.78 is 21.4. The number of hydrogen-bond acceptors (Lipinski definition) is 6. The number of esters is 1. The van der Waals surface area contributed by atoms with E-state index in [1.54, 1.807) is 37.4 Å². The quantitative estimate of drug-likeness (QED) is 0.555. The van der Waals surface area contributed by atoms with Gasteiger partial charge in [-0.1, -0.05) is 0 Å². The topological polar surface area (TPSA) is 86.9 Å². The smallest absolute Gasteiger partial charge is 0.312 e. The molecule has 27 heavy (non-hydrogen) atoms. The van der Waals surface area contributed by atoms with Gasteiger partial charge in [0, 0.05) is 34.0 Å². The van der Waals surface area contributed by atoms with Gasteiger partial charge in [-0.25, -0.2) is 0 Å². The van der Waals surface area contributed by atoms with Gasteiger partial charge >= 0.3 is 5.97 Å². The molecule has 0 unspecified atom stereocenters. The monoisotopic (exact) mass is 365 g/mol. The van der Waals surface area contributed by atoms with E-state index in [2.05, 4.69) is 4.98 Å². The Morgan fingerprint density at radius 3 is 2.63 bits per heavy atom. The summed E-state index contributed by atoms with van der Waals surface area (Å²) >= 11 is 0. The normalized spacial score (nSPS) is 17.5. The van der Waals surface area contributed by atoms with Crippen LogP contribution in [0.15, 0.2) is 41.2 Å². The Kier molecular flexibility index (Phi) is 3.36. The zero-order valence-corrected chi connectivity index (χ0v) is 14.4. The van der Waals surface area contributed by atoms with Crippen molar-refractivity contribution in [2.75, 3.05) is 13.9 Å². The minimum atomic E-state index is -0.435. The van der Waals surface area contributed by atoms with E-state index in [9.17, 15) is 9.59 Å². The molecular weight excluding hydrogens is 350 g/mol. The van der Waals surface area contributed by atoms with Gasteiger partial charge < -0.3 is 23.9 Å². The predicted octanol–water partition coefficient (Wildman–Crippen LogP) is 2.71. The number of ether oxygens (including phenoxy) is 4. The number of rotatable bonds is 2. The number of carbonyl (C=O) groups is 1. The summed E-state index contributed by atoms with van der Waals surface area (Å²) in [6, 6.07) is 10.6. The highest BCUT2D eigenvalue weighted by atomic mass is 16.7. The number of methoxy groups -OCH3 is 1. The third-order valence-electron chi connectivity index (χ3n) is 4.93. The highest BCUT2D eigenvalue weighted by molar-refractivity contribution is 5.82. The van der Waals surface area contributed by atoms with Gasteiger partial charge in [-0.05, 0) is 30.3 Å². The lowest BCUT2D eigenvalue weighted by Gasteiger charge is -2.24. The fourth-order valence-electron chi connectivity index (χ4n) is 3.61. The summed E-state index contributed by atoms with van der Waals surface area (Å²) in [4.78, 5) is 27.8. The standard InChI is InChI=1S/C20H15NO6/c1-24-11-2-3-15-10(4-11)5-14(20(23)21-15)12-7-19(22)27-16-8-18-17(6-13(12)16)25-9-26-18/h2-6,8,12H,7,9H2,1H3,(H,21,23)/t12-/m0/s1. The Morgan fingerprint density at radius 1 is 1.00 bits per heavy atom. The van der Waals surface area contributed by atoms with Crippen LogP contribution in [-0.4, -0.2) is 24.9 Å². The van der Waals surface area contributed by atoms with E-state index in [1.807, 2.05) is 6.07 Å². The molecule has 1 N–H and O–H groups in total. The minimum Gasteiger partial charge on any atom is -0.497 e. The Hall–Kier alpha value is -3.48. The fourth-order valence-corrected chi connectivity index (χ4v) is 3.61. The van der Waals surface area contributed by atoms with Crippen LogP contribution in [-0.2, 0) is 4.79 Å². The number of aromatic amines is 1. The lowest BCUT2D eigenvalue weighted by Crippen LogP contribution is -2.25. The molecule has 2 aliphatic rings. The van der Waals surface area contributed by atoms with Gasteiger partial charge in [-0.3, -0.25) is 9.59 Å². The SMILES string of the molecule is COc1ccc2[nH]c(=O)c([C@H]3CC(=O)Oc4cc5c(cc43)OCO5)cc2c1.